The van der Waals surface area contributed by atoms with Crippen LogP contribution in [0.4, 0.5) is 17.2 Å². The number of amides is 1. The van der Waals surface area contributed by atoms with Crippen LogP contribution in [-0.4, -0.2) is 20.9 Å². The van der Waals surface area contributed by atoms with Gasteiger partial charge in [0, 0.05) is 23.3 Å². The smallest absolute Gasteiger partial charge is 0.274 e. The van der Waals surface area contributed by atoms with Gasteiger partial charge < -0.3 is 10.6 Å². The van der Waals surface area contributed by atoms with Crippen molar-refractivity contribution in [1.82, 2.24) is 15.0 Å². The highest BCUT2D eigenvalue weighted by Gasteiger charge is 2.11. The molecule has 28 heavy (non-hydrogen) atoms. The SMILES string of the molecule is N#Cc1ccc(Nc2cc(C(=O)Nc3cccc4cccnc34)ncn2)cc1. The molecule has 1 amide bonds. The van der Waals surface area contributed by atoms with E-state index in [2.05, 4.69) is 31.7 Å². The van der Waals surface area contributed by atoms with E-state index >= 15 is 0 Å². The lowest BCUT2D eigenvalue weighted by molar-refractivity contribution is 0.102. The van der Waals surface area contributed by atoms with Crippen molar-refractivity contribution in [1.29, 1.82) is 5.26 Å². The van der Waals surface area contributed by atoms with E-state index in [0.717, 1.165) is 11.1 Å². The molecule has 0 saturated heterocycles. The van der Waals surface area contributed by atoms with E-state index in [0.29, 0.717) is 22.6 Å². The second-order valence-electron chi connectivity index (χ2n) is 5.94. The maximum absolute atomic E-state index is 12.7. The number of carbonyl (C=O) groups is 1. The first kappa shape index (κ1) is 17.1. The molecule has 0 unspecified atom stereocenters. The molecule has 0 fully saturated rings. The van der Waals surface area contributed by atoms with Crippen LogP contribution in [0.1, 0.15) is 16.1 Å². The Kier molecular flexibility index (Phi) is 4.59. The molecule has 134 valence electrons. The third-order valence-electron chi connectivity index (χ3n) is 4.07. The predicted octanol–water partition coefficient (Wildman–Crippen LogP) is 3.89. The number of para-hydroxylation sites is 1. The van der Waals surface area contributed by atoms with E-state index in [1.165, 1.54) is 6.33 Å². The summed E-state index contributed by atoms with van der Waals surface area (Å²) in [5.41, 5.74) is 2.87. The van der Waals surface area contributed by atoms with Crippen molar-refractivity contribution in [3.05, 3.63) is 84.4 Å². The number of benzene rings is 2. The van der Waals surface area contributed by atoms with E-state index < -0.39 is 0 Å². The molecule has 7 heteroatoms. The summed E-state index contributed by atoms with van der Waals surface area (Å²) in [6, 6.07) is 19.9. The average Bonchev–Trinajstić information content (AvgIpc) is 2.75. The number of carbonyl (C=O) groups excluding carboxylic acids is 1. The number of hydrogen-bond acceptors (Lipinski definition) is 6. The number of nitrogens with zero attached hydrogens (tertiary/aromatic N) is 4. The first-order chi connectivity index (χ1) is 13.7. The molecule has 4 aromatic rings. The largest absolute Gasteiger partial charge is 0.340 e. The zero-order chi connectivity index (χ0) is 19.3. The van der Waals surface area contributed by atoms with Gasteiger partial charge in [0.05, 0.1) is 22.8 Å². The van der Waals surface area contributed by atoms with Crippen molar-refractivity contribution in [2.45, 2.75) is 0 Å². The molecular formula is C21H14N6O. The lowest BCUT2D eigenvalue weighted by atomic mass is 10.2. The number of pyridine rings is 1. The van der Waals surface area contributed by atoms with Crippen molar-refractivity contribution >= 4 is 34.0 Å². The maximum atomic E-state index is 12.7. The van der Waals surface area contributed by atoms with Gasteiger partial charge in [0.15, 0.2) is 0 Å². The van der Waals surface area contributed by atoms with Gasteiger partial charge in [-0.2, -0.15) is 5.26 Å². The van der Waals surface area contributed by atoms with Gasteiger partial charge in [0.2, 0.25) is 0 Å². The monoisotopic (exact) mass is 366 g/mol. The standard InChI is InChI=1S/C21H14N6O/c22-12-14-6-8-16(9-7-14)26-19-11-18(24-13-25-19)21(28)27-17-5-1-3-15-4-2-10-23-20(15)17/h1-11,13H,(H,27,28)(H,24,25,26). The molecule has 7 nitrogen and oxygen atoms in total. The fraction of sp³-hybridized carbons (Fsp3) is 0. The molecule has 2 N–H and O–H groups in total. The van der Waals surface area contributed by atoms with Gasteiger partial charge in [-0.15, -0.1) is 0 Å². The van der Waals surface area contributed by atoms with Crippen molar-refractivity contribution < 1.29 is 4.79 Å². The predicted molar refractivity (Wildman–Crippen MR) is 106 cm³/mol. The molecular weight excluding hydrogens is 352 g/mol. The van der Waals surface area contributed by atoms with Crippen molar-refractivity contribution in [2.75, 3.05) is 10.6 Å². The van der Waals surface area contributed by atoms with Crippen LogP contribution >= 0.6 is 0 Å². The van der Waals surface area contributed by atoms with E-state index in [-0.39, 0.29) is 11.6 Å². The Hall–Kier alpha value is -4.31. The molecule has 4 rings (SSSR count). The second kappa shape index (κ2) is 7.51. The highest BCUT2D eigenvalue weighted by atomic mass is 16.1. The Morgan fingerprint density at radius 3 is 2.61 bits per heavy atom. The van der Waals surface area contributed by atoms with Gasteiger partial charge in [0.1, 0.15) is 17.8 Å². The zero-order valence-corrected chi connectivity index (χ0v) is 14.6. The fourth-order valence-electron chi connectivity index (χ4n) is 2.72. The van der Waals surface area contributed by atoms with Gasteiger partial charge >= 0.3 is 0 Å². The summed E-state index contributed by atoms with van der Waals surface area (Å²) in [6.45, 7) is 0. The third kappa shape index (κ3) is 3.61. The number of anilines is 3. The van der Waals surface area contributed by atoms with E-state index in [9.17, 15) is 4.79 Å². The molecule has 2 aromatic carbocycles. The summed E-state index contributed by atoms with van der Waals surface area (Å²) in [7, 11) is 0. The summed E-state index contributed by atoms with van der Waals surface area (Å²) in [5, 5.41) is 15.7. The van der Waals surface area contributed by atoms with E-state index in [1.54, 1.807) is 42.6 Å². The Balaban J connectivity index is 1.55. The molecule has 2 aromatic heterocycles. The fourth-order valence-corrected chi connectivity index (χ4v) is 2.72. The van der Waals surface area contributed by atoms with Crippen LogP contribution in [-0.2, 0) is 0 Å². The number of nitriles is 1. The lowest BCUT2D eigenvalue weighted by Gasteiger charge is -2.09. The summed E-state index contributed by atoms with van der Waals surface area (Å²) in [5.74, 6) is 0.115. The second-order valence-corrected chi connectivity index (χ2v) is 5.94. The molecule has 0 radical (unpaired) electrons. The Labute approximate surface area is 160 Å². The number of aromatic nitrogens is 3. The van der Waals surface area contributed by atoms with Crippen LogP contribution in [0.2, 0.25) is 0 Å². The number of fused-ring (bicyclic) bond motifs is 1. The summed E-state index contributed by atoms with van der Waals surface area (Å²) >= 11 is 0. The topological polar surface area (TPSA) is 104 Å². The minimum absolute atomic E-state index is 0.221. The molecule has 0 saturated carbocycles. The lowest BCUT2D eigenvalue weighted by Crippen LogP contribution is -2.14. The van der Waals surface area contributed by atoms with Crippen LogP contribution in [0, 0.1) is 11.3 Å². The van der Waals surface area contributed by atoms with Crippen molar-refractivity contribution in [2.24, 2.45) is 0 Å². The minimum Gasteiger partial charge on any atom is -0.340 e. The Morgan fingerprint density at radius 1 is 0.964 bits per heavy atom. The summed E-state index contributed by atoms with van der Waals surface area (Å²) in [6.07, 6.45) is 3.00. The van der Waals surface area contributed by atoms with Crippen LogP contribution < -0.4 is 10.6 Å². The van der Waals surface area contributed by atoms with E-state index in [1.807, 2.05) is 24.3 Å². The quantitative estimate of drug-likeness (QED) is 0.568. The molecule has 0 atom stereocenters. The summed E-state index contributed by atoms with van der Waals surface area (Å²) in [4.78, 5) is 25.2. The average molecular weight is 366 g/mol. The van der Waals surface area contributed by atoms with Crippen LogP contribution in [0.25, 0.3) is 10.9 Å². The Bertz CT molecular complexity index is 1190. The van der Waals surface area contributed by atoms with Gasteiger partial charge in [-0.1, -0.05) is 18.2 Å². The first-order valence-electron chi connectivity index (χ1n) is 8.47. The van der Waals surface area contributed by atoms with Gasteiger partial charge in [-0.3, -0.25) is 9.78 Å². The molecule has 0 aliphatic heterocycles. The minimum atomic E-state index is -0.358. The van der Waals surface area contributed by atoms with Crippen molar-refractivity contribution in [3.63, 3.8) is 0 Å². The number of nitrogens with one attached hydrogen (secondary N) is 2. The zero-order valence-electron chi connectivity index (χ0n) is 14.6. The maximum Gasteiger partial charge on any atom is 0.274 e. The molecule has 0 aliphatic rings. The van der Waals surface area contributed by atoms with Gasteiger partial charge in [-0.25, -0.2) is 9.97 Å². The van der Waals surface area contributed by atoms with Gasteiger partial charge in [-0.05, 0) is 36.4 Å². The molecule has 0 bridgehead atoms. The Morgan fingerprint density at radius 2 is 1.79 bits per heavy atom. The number of hydrogen-bond donors (Lipinski definition) is 2. The highest BCUT2D eigenvalue weighted by molar-refractivity contribution is 6.07. The van der Waals surface area contributed by atoms with Crippen LogP contribution in [0.3, 0.4) is 0 Å². The third-order valence-corrected chi connectivity index (χ3v) is 4.07. The molecule has 0 aliphatic carbocycles. The normalized spacial score (nSPS) is 10.2. The van der Waals surface area contributed by atoms with Crippen LogP contribution in [0.5, 0.6) is 0 Å². The first-order valence-corrected chi connectivity index (χ1v) is 8.47. The number of rotatable bonds is 4. The van der Waals surface area contributed by atoms with Crippen LogP contribution in [0.15, 0.2) is 73.2 Å². The molecule has 2 heterocycles. The van der Waals surface area contributed by atoms with E-state index in [4.69, 9.17) is 5.26 Å². The van der Waals surface area contributed by atoms with Crippen molar-refractivity contribution in [3.8, 4) is 6.07 Å². The summed E-state index contributed by atoms with van der Waals surface area (Å²) < 4.78 is 0. The molecule has 0 spiro atoms. The van der Waals surface area contributed by atoms with Gasteiger partial charge in [0.25, 0.3) is 5.91 Å². The highest BCUT2D eigenvalue weighted by Crippen LogP contribution is 2.21.